The average molecular weight is 643 g/mol. The topological polar surface area (TPSA) is 126 Å². The first kappa shape index (κ1) is 31.1. The molecule has 3 unspecified atom stereocenters. The normalized spacial score (nSPS) is 18.6. The van der Waals surface area contributed by atoms with Crippen molar-refractivity contribution in [2.75, 3.05) is 13.1 Å². The molecule has 0 spiro atoms. The van der Waals surface area contributed by atoms with Crippen molar-refractivity contribution in [3.63, 3.8) is 0 Å². The smallest absolute Gasteiger partial charge is 0.410 e. The lowest BCUT2D eigenvalue weighted by molar-refractivity contribution is -0.138. The van der Waals surface area contributed by atoms with Gasteiger partial charge in [-0.3, -0.25) is 14.6 Å². The minimum atomic E-state index is -3.91. The molecule has 2 aliphatic heterocycles. The molecule has 0 saturated carbocycles. The number of nitrogens with one attached hydrogen (secondary N) is 1. The largest absolute Gasteiger partial charge is 0.413 e. The van der Waals surface area contributed by atoms with Gasteiger partial charge in [0.25, 0.3) is 0 Å². The fourth-order valence-electron chi connectivity index (χ4n) is 6.02. The van der Waals surface area contributed by atoms with Crippen molar-refractivity contribution < 1.29 is 31.9 Å². The first-order chi connectivity index (χ1) is 22.2. The SMILES string of the molecule is O=C(NC(Cc1ccc(F)cc1)C(=O)N1CCC2C1C(=O)CN2S(=O)(=O)Cc1ccccn1)Oc1ccc(-c2ccccc2)cc1. The summed E-state index contributed by atoms with van der Waals surface area (Å²) in [5.41, 5.74) is 2.84. The van der Waals surface area contributed by atoms with Gasteiger partial charge in [-0.1, -0.05) is 60.7 Å². The predicted octanol–water partition coefficient (Wildman–Crippen LogP) is 3.97. The first-order valence-electron chi connectivity index (χ1n) is 14.8. The third kappa shape index (κ3) is 6.82. The molecule has 6 rings (SSSR count). The molecule has 3 aromatic carbocycles. The highest BCUT2D eigenvalue weighted by molar-refractivity contribution is 7.88. The van der Waals surface area contributed by atoms with Crippen LogP contribution in [-0.2, 0) is 31.8 Å². The van der Waals surface area contributed by atoms with E-state index < -0.39 is 51.7 Å². The molecule has 0 bridgehead atoms. The van der Waals surface area contributed by atoms with Crippen molar-refractivity contribution in [3.8, 4) is 16.9 Å². The number of likely N-dealkylation sites (tertiary alicyclic amines) is 1. The van der Waals surface area contributed by atoms with Crippen LogP contribution in [0, 0.1) is 5.82 Å². The standard InChI is InChI=1S/C34H31FN4O6S/c35-26-13-9-23(10-14-26)20-29(37-34(42)45-28-15-11-25(12-16-28)24-6-2-1-3-7-24)33(41)38-19-17-30-32(38)31(40)21-39(30)46(43,44)22-27-8-4-5-18-36-27/h1-16,18,29-30,32H,17,19-22H2,(H,37,42). The van der Waals surface area contributed by atoms with E-state index in [4.69, 9.17) is 4.74 Å². The minimum Gasteiger partial charge on any atom is -0.410 e. The van der Waals surface area contributed by atoms with Gasteiger partial charge in [-0.25, -0.2) is 17.6 Å². The number of fused-ring (bicyclic) bond motifs is 1. The minimum absolute atomic E-state index is 0.00900. The van der Waals surface area contributed by atoms with Crippen LogP contribution in [0.5, 0.6) is 5.75 Å². The maximum Gasteiger partial charge on any atom is 0.413 e. The number of carbonyl (C=O) groups is 3. The summed E-state index contributed by atoms with van der Waals surface area (Å²) in [6.07, 6.45) is 0.856. The quantitative estimate of drug-likeness (QED) is 0.293. The van der Waals surface area contributed by atoms with E-state index in [1.807, 2.05) is 42.5 Å². The second-order valence-corrected chi connectivity index (χ2v) is 13.2. The number of Topliss-reactive ketones (excluding diaryl/α,β-unsaturated/α-hetero) is 1. The van der Waals surface area contributed by atoms with Crippen molar-refractivity contribution in [3.05, 3.63) is 120 Å². The number of ketones is 1. The molecular weight excluding hydrogens is 611 g/mol. The lowest BCUT2D eigenvalue weighted by Crippen LogP contribution is -2.53. The van der Waals surface area contributed by atoms with E-state index in [2.05, 4.69) is 10.3 Å². The van der Waals surface area contributed by atoms with Gasteiger partial charge < -0.3 is 15.0 Å². The zero-order valence-electron chi connectivity index (χ0n) is 24.7. The summed E-state index contributed by atoms with van der Waals surface area (Å²) >= 11 is 0. The van der Waals surface area contributed by atoms with Gasteiger partial charge in [0.2, 0.25) is 15.9 Å². The molecule has 10 nitrogen and oxygen atoms in total. The third-order valence-corrected chi connectivity index (χ3v) is 9.96. The summed E-state index contributed by atoms with van der Waals surface area (Å²) in [6.45, 7) is -0.238. The molecule has 2 saturated heterocycles. The first-order valence-corrected chi connectivity index (χ1v) is 16.4. The van der Waals surface area contributed by atoms with Gasteiger partial charge >= 0.3 is 6.09 Å². The van der Waals surface area contributed by atoms with E-state index in [-0.39, 0.29) is 37.4 Å². The van der Waals surface area contributed by atoms with E-state index in [0.29, 0.717) is 11.3 Å². The number of hydrogen-bond acceptors (Lipinski definition) is 7. The van der Waals surface area contributed by atoms with Crippen LogP contribution < -0.4 is 10.1 Å². The Hall–Kier alpha value is -4.94. The van der Waals surface area contributed by atoms with Crippen LogP contribution in [0.25, 0.3) is 11.1 Å². The summed E-state index contributed by atoms with van der Waals surface area (Å²) in [7, 11) is -3.91. The number of carbonyl (C=O) groups excluding carboxylic acids is 3. The Labute approximate surface area is 265 Å². The summed E-state index contributed by atoms with van der Waals surface area (Å²) < 4.78 is 46.9. The van der Waals surface area contributed by atoms with Crippen LogP contribution in [0.15, 0.2) is 103 Å². The number of pyridine rings is 1. The van der Waals surface area contributed by atoms with Crippen LogP contribution in [0.4, 0.5) is 9.18 Å². The van der Waals surface area contributed by atoms with Crippen LogP contribution in [0.2, 0.25) is 0 Å². The van der Waals surface area contributed by atoms with Gasteiger partial charge in [-0.05, 0) is 59.5 Å². The van der Waals surface area contributed by atoms with E-state index in [0.717, 1.165) is 15.4 Å². The zero-order valence-corrected chi connectivity index (χ0v) is 25.5. The fourth-order valence-corrected chi connectivity index (χ4v) is 7.68. The molecule has 3 heterocycles. The highest BCUT2D eigenvalue weighted by atomic mass is 32.2. The van der Waals surface area contributed by atoms with Crippen molar-refractivity contribution in [2.45, 2.75) is 36.7 Å². The van der Waals surface area contributed by atoms with Gasteiger partial charge in [0.15, 0.2) is 5.78 Å². The van der Waals surface area contributed by atoms with Crippen molar-refractivity contribution >= 4 is 27.8 Å². The summed E-state index contributed by atoms with van der Waals surface area (Å²) in [4.78, 5) is 45.7. The van der Waals surface area contributed by atoms with Gasteiger partial charge in [0.05, 0.1) is 18.3 Å². The molecule has 4 aromatic rings. The number of benzene rings is 3. The lowest BCUT2D eigenvalue weighted by Gasteiger charge is -2.28. The van der Waals surface area contributed by atoms with E-state index >= 15 is 0 Å². The predicted molar refractivity (Wildman–Crippen MR) is 167 cm³/mol. The van der Waals surface area contributed by atoms with E-state index in [9.17, 15) is 27.2 Å². The van der Waals surface area contributed by atoms with Crippen LogP contribution in [0.3, 0.4) is 0 Å². The maximum absolute atomic E-state index is 14.0. The van der Waals surface area contributed by atoms with Gasteiger partial charge in [-0.2, -0.15) is 4.31 Å². The van der Waals surface area contributed by atoms with Crippen molar-refractivity contribution in [2.24, 2.45) is 0 Å². The van der Waals surface area contributed by atoms with Crippen molar-refractivity contribution in [1.82, 2.24) is 19.5 Å². The Balaban J connectivity index is 1.18. The number of hydrogen-bond donors (Lipinski definition) is 1. The molecule has 2 fully saturated rings. The fraction of sp³-hybridized carbons (Fsp3) is 0.235. The molecule has 12 heteroatoms. The zero-order chi connectivity index (χ0) is 32.3. The van der Waals surface area contributed by atoms with Crippen LogP contribution in [0.1, 0.15) is 17.7 Å². The number of aromatic nitrogens is 1. The molecule has 2 aliphatic rings. The molecule has 46 heavy (non-hydrogen) atoms. The average Bonchev–Trinajstić information content (AvgIpc) is 3.64. The van der Waals surface area contributed by atoms with Gasteiger partial charge in [0.1, 0.15) is 29.4 Å². The summed E-state index contributed by atoms with van der Waals surface area (Å²) in [6, 6.07) is 24.2. The van der Waals surface area contributed by atoms with E-state index in [1.165, 1.54) is 35.4 Å². The van der Waals surface area contributed by atoms with Gasteiger partial charge in [0, 0.05) is 19.2 Å². The third-order valence-electron chi connectivity index (χ3n) is 8.19. The second kappa shape index (κ2) is 13.2. The molecule has 1 aromatic heterocycles. The van der Waals surface area contributed by atoms with E-state index in [1.54, 1.807) is 30.3 Å². The number of nitrogens with zero attached hydrogens (tertiary/aromatic N) is 3. The Bertz CT molecular complexity index is 1820. The number of ether oxygens (including phenoxy) is 1. The monoisotopic (exact) mass is 642 g/mol. The van der Waals surface area contributed by atoms with Crippen molar-refractivity contribution in [1.29, 1.82) is 0 Å². The highest BCUT2D eigenvalue weighted by Crippen LogP contribution is 2.33. The Morgan fingerprint density at radius 2 is 1.63 bits per heavy atom. The number of sulfonamides is 1. The van der Waals surface area contributed by atoms with Gasteiger partial charge in [-0.15, -0.1) is 0 Å². The van der Waals surface area contributed by atoms with Crippen LogP contribution in [-0.4, -0.2) is 71.6 Å². The molecule has 236 valence electrons. The molecule has 2 amide bonds. The Morgan fingerprint density at radius 3 is 2.33 bits per heavy atom. The number of halogens is 1. The number of rotatable bonds is 9. The molecule has 1 N–H and O–H groups in total. The molecule has 0 radical (unpaired) electrons. The Kier molecular flexibility index (Phi) is 8.91. The molecule has 0 aliphatic carbocycles. The van der Waals surface area contributed by atoms with Crippen LogP contribution >= 0.6 is 0 Å². The maximum atomic E-state index is 14.0. The highest BCUT2D eigenvalue weighted by Gasteiger charge is 2.54. The molecule has 3 atom stereocenters. The lowest BCUT2D eigenvalue weighted by atomic mass is 10.0. The molecular formula is C34H31FN4O6S. The second-order valence-electron chi connectivity index (χ2n) is 11.2. The summed E-state index contributed by atoms with van der Waals surface area (Å²) in [5, 5.41) is 2.62. The Morgan fingerprint density at radius 1 is 0.935 bits per heavy atom. The number of amides is 2. The summed E-state index contributed by atoms with van der Waals surface area (Å²) in [5.74, 6) is -1.53.